The number of anilines is 2. The predicted molar refractivity (Wildman–Crippen MR) is 80.8 cm³/mol. The molecule has 1 amide bonds. The maximum absolute atomic E-state index is 12.1. The van der Waals surface area contributed by atoms with Crippen molar-refractivity contribution in [1.29, 1.82) is 0 Å². The second-order valence-electron chi connectivity index (χ2n) is 3.68. The molecule has 98 valence electrons. The Bertz CT molecular complexity index is 629. The Kier molecular flexibility index (Phi) is 4.29. The number of aromatic nitrogens is 1. The molecule has 2 rings (SSSR count). The summed E-state index contributed by atoms with van der Waals surface area (Å²) in [4.78, 5) is 15.9. The quantitative estimate of drug-likeness (QED) is 0.795. The maximum atomic E-state index is 12.1. The number of pyridine rings is 1. The normalized spacial score (nSPS) is 10.3. The van der Waals surface area contributed by atoms with Crippen molar-refractivity contribution in [3.8, 4) is 0 Å². The summed E-state index contributed by atoms with van der Waals surface area (Å²) in [5.41, 5.74) is 6.42. The average Bonchev–Trinajstić information content (AvgIpc) is 2.32. The summed E-state index contributed by atoms with van der Waals surface area (Å²) in [6.45, 7) is 0. The lowest BCUT2D eigenvalue weighted by Crippen LogP contribution is -2.13. The summed E-state index contributed by atoms with van der Waals surface area (Å²) >= 11 is 14.9. The van der Waals surface area contributed by atoms with Crippen molar-refractivity contribution >= 4 is 56.5 Å². The zero-order chi connectivity index (χ0) is 14.0. The third-order valence-electron chi connectivity index (χ3n) is 2.25. The first kappa shape index (κ1) is 14.1. The Morgan fingerprint density at radius 1 is 1.26 bits per heavy atom. The van der Waals surface area contributed by atoms with Crippen LogP contribution in [0.15, 0.2) is 34.8 Å². The number of nitrogens with zero attached hydrogens (tertiary/aromatic N) is 1. The van der Waals surface area contributed by atoms with Crippen LogP contribution in [0, 0.1) is 0 Å². The molecular weight excluding hydrogens is 353 g/mol. The van der Waals surface area contributed by atoms with E-state index in [4.69, 9.17) is 28.9 Å². The first-order valence-electron chi connectivity index (χ1n) is 5.15. The van der Waals surface area contributed by atoms with E-state index < -0.39 is 0 Å². The van der Waals surface area contributed by atoms with E-state index >= 15 is 0 Å². The number of nitrogen functional groups attached to an aromatic ring is 1. The number of nitrogens with one attached hydrogen (secondary N) is 1. The number of hydrogen-bond acceptors (Lipinski definition) is 3. The Hall–Kier alpha value is -1.30. The van der Waals surface area contributed by atoms with Gasteiger partial charge in [-0.05, 0) is 46.3 Å². The van der Waals surface area contributed by atoms with Gasteiger partial charge in [-0.2, -0.15) is 0 Å². The molecule has 7 heteroatoms. The van der Waals surface area contributed by atoms with E-state index in [9.17, 15) is 4.79 Å². The van der Waals surface area contributed by atoms with Crippen LogP contribution < -0.4 is 11.1 Å². The van der Waals surface area contributed by atoms with Gasteiger partial charge in [-0.3, -0.25) is 4.79 Å². The summed E-state index contributed by atoms with van der Waals surface area (Å²) in [6, 6.07) is 7.97. The van der Waals surface area contributed by atoms with Gasteiger partial charge in [-0.1, -0.05) is 23.2 Å². The molecule has 0 aliphatic heterocycles. The number of amides is 1. The minimum atomic E-state index is -0.348. The van der Waals surface area contributed by atoms with E-state index in [0.717, 1.165) is 4.47 Å². The molecule has 0 aliphatic carbocycles. The van der Waals surface area contributed by atoms with Crippen LogP contribution in [0.25, 0.3) is 0 Å². The number of carbonyl (C=O) groups excluding carboxylic acids is 1. The van der Waals surface area contributed by atoms with Gasteiger partial charge in [-0.15, -0.1) is 0 Å². The molecule has 0 saturated carbocycles. The van der Waals surface area contributed by atoms with Crippen LogP contribution in [-0.2, 0) is 0 Å². The molecule has 1 aromatic carbocycles. The predicted octanol–water partition coefficient (Wildman–Crippen LogP) is 3.99. The Balaban J connectivity index is 2.28. The van der Waals surface area contributed by atoms with Crippen LogP contribution >= 0.6 is 39.1 Å². The van der Waals surface area contributed by atoms with Crippen LogP contribution in [0.3, 0.4) is 0 Å². The molecule has 0 atom stereocenters. The molecule has 0 radical (unpaired) electrons. The van der Waals surface area contributed by atoms with Crippen molar-refractivity contribution in [1.82, 2.24) is 4.98 Å². The van der Waals surface area contributed by atoms with E-state index in [2.05, 4.69) is 26.2 Å². The largest absolute Gasteiger partial charge is 0.384 e. The Labute approximate surface area is 128 Å². The van der Waals surface area contributed by atoms with Gasteiger partial charge < -0.3 is 11.1 Å². The number of hydrogen-bond donors (Lipinski definition) is 2. The molecule has 0 aliphatic rings. The van der Waals surface area contributed by atoms with Crippen molar-refractivity contribution in [2.75, 3.05) is 11.1 Å². The second kappa shape index (κ2) is 5.77. The SMILES string of the molecule is Nc1cc(C(=O)Nc2cc(Cl)ccc2Br)cc(Cl)n1. The topological polar surface area (TPSA) is 68.0 Å². The molecule has 0 spiro atoms. The highest BCUT2D eigenvalue weighted by molar-refractivity contribution is 9.10. The number of carbonyl (C=O) groups is 1. The van der Waals surface area contributed by atoms with E-state index in [1.54, 1.807) is 18.2 Å². The van der Waals surface area contributed by atoms with Gasteiger partial charge in [0.2, 0.25) is 0 Å². The van der Waals surface area contributed by atoms with Gasteiger partial charge in [0.15, 0.2) is 0 Å². The van der Waals surface area contributed by atoms with Crippen molar-refractivity contribution in [2.24, 2.45) is 0 Å². The second-order valence-corrected chi connectivity index (χ2v) is 5.36. The zero-order valence-corrected chi connectivity index (χ0v) is 12.6. The summed E-state index contributed by atoms with van der Waals surface area (Å²) in [5, 5.41) is 3.39. The fourth-order valence-electron chi connectivity index (χ4n) is 1.44. The maximum Gasteiger partial charge on any atom is 0.255 e. The molecule has 1 heterocycles. The van der Waals surface area contributed by atoms with Crippen molar-refractivity contribution in [3.63, 3.8) is 0 Å². The monoisotopic (exact) mass is 359 g/mol. The standard InChI is InChI=1S/C12H8BrCl2N3O/c13-8-2-1-7(14)5-9(8)17-12(19)6-3-10(15)18-11(16)4-6/h1-5H,(H2,16,18)(H,17,19). The average molecular weight is 361 g/mol. The molecule has 3 N–H and O–H groups in total. The summed E-state index contributed by atoms with van der Waals surface area (Å²) in [5.74, 6) is -0.165. The molecule has 0 fully saturated rings. The van der Waals surface area contributed by atoms with Crippen molar-refractivity contribution in [3.05, 3.63) is 50.5 Å². The van der Waals surface area contributed by atoms with Crippen LogP contribution in [0.5, 0.6) is 0 Å². The molecule has 2 aromatic rings. The highest BCUT2D eigenvalue weighted by atomic mass is 79.9. The van der Waals surface area contributed by atoms with Crippen molar-refractivity contribution < 1.29 is 4.79 Å². The van der Waals surface area contributed by atoms with Crippen LogP contribution in [-0.4, -0.2) is 10.9 Å². The fourth-order valence-corrected chi connectivity index (χ4v) is 2.17. The Morgan fingerprint density at radius 2 is 2.00 bits per heavy atom. The lowest BCUT2D eigenvalue weighted by atomic mass is 10.2. The minimum absolute atomic E-state index is 0.162. The van der Waals surface area contributed by atoms with Gasteiger partial charge in [0.1, 0.15) is 11.0 Å². The molecule has 0 unspecified atom stereocenters. The van der Waals surface area contributed by atoms with Gasteiger partial charge in [0.25, 0.3) is 5.91 Å². The Morgan fingerprint density at radius 3 is 2.68 bits per heavy atom. The van der Waals surface area contributed by atoms with Crippen LogP contribution in [0.4, 0.5) is 11.5 Å². The summed E-state index contributed by atoms with van der Waals surface area (Å²) < 4.78 is 0.721. The molecule has 0 bridgehead atoms. The third-order valence-corrected chi connectivity index (χ3v) is 3.37. The summed E-state index contributed by atoms with van der Waals surface area (Å²) in [7, 11) is 0. The van der Waals surface area contributed by atoms with E-state index in [1.165, 1.54) is 12.1 Å². The highest BCUT2D eigenvalue weighted by Crippen LogP contribution is 2.26. The van der Waals surface area contributed by atoms with Crippen molar-refractivity contribution in [2.45, 2.75) is 0 Å². The van der Waals surface area contributed by atoms with Gasteiger partial charge in [0, 0.05) is 15.1 Å². The summed E-state index contributed by atoms with van der Waals surface area (Å²) in [6.07, 6.45) is 0. The number of nitrogens with two attached hydrogens (primary N) is 1. The van der Waals surface area contributed by atoms with E-state index in [1.807, 2.05) is 0 Å². The molecule has 19 heavy (non-hydrogen) atoms. The van der Waals surface area contributed by atoms with Gasteiger partial charge in [0.05, 0.1) is 5.69 Å². The number of benzene rings is 1. The van der Waals surface area contributed by atoms with Gasteiger partial charge >= 0.3 is 0 Å². The highest BCUT2D eigenvalue weighted by Gasteiger charge is 2.10. The lowest BCUT2D eigenvalue weighted by molar-refractivity contribution is 0.102. The first-order valence-corrected chi connectivity index (χ1v) is 6.70. The molecule has 0 saturated heterocycles. The fraction of sp³-hybridized carbons (Fsp3) is 0. The van der Waals surface area contributed by atoms with E-state index in [-0.39, 0.29) is 16.9 Å². The lowest BCUT2D eigenvalue weighted by Gasteiger charge is -2.08. The van der Waals surface area contributed by atoms with Crippen LogP contribution in [0.2, 0.25) is 10.2 Å². The molecular formula is C12H8BrCl2N3O. The van der Waals surface area contributed by atoms with Crippen LogP contribution in [0.1, 0.15) is 10.4 Å². The molecule has 1 aromatic heterocycles. The number of halogens is 3. The van der Waals surface area contributed by atoms with E-state index in [0.29, 0.717) is 16.3 Å². The molecule has 4 nitrogen and oxygen atoms in total. The van der Waals surface area contributed by atoms with Gasteiger partial charge in [-0.25, -0.2) is 4.98 Å². The smallest absolute Gasteiger partial charge is 0.255 e. The minimum Gasteiger partial charge on any atom is -0.384 e. The zero-order valence-electron chi connectivity index (χ0n) is 9.45. The number of rotatable bonds is 2. The third kappa shape index (κ3) is 3.59. The first-order chi connectivity index (χ1) is 8.95.